The molecule has 0 spiro atoms. The zero-order chi connectivity index (χ0) is 17.8. The number of nitrogens with one attached hydrogen (secondary N) is 1. The van der Waals surface area contributed by atoms with Crippen molar-refractivity contribution in [2.24, 2.45) is 5.92 Å². The lowest BCUT2D eigenvalue weighted by atomic mass is 10.0. The molecule has 0 aromatic carbocycles. The fourth-order valence-electron chi connectivity index (χ4n) is 4.23. The van der Waals surface area contributed by atoms with Gasteiger partial charge in [-0.05, 0) is 31.2 Å². The molecule has 1 fully saturated rings. The molecule has 1 amide bonds. The Bertz CT molecular complexity index is 725. The van der Waals surface area contributed by atoms with Crippen molar-refractivity contribution in [2.75, 3.05) is 19.6 Å². The third-order valence-corrected chi connectivity index (χ3v) is 5.50. The maximum absolute atomic E-state index is 12.1. The van der Waals surface area contributed by atoms with Crippen LogP contribution in [0.5, 0.6) is 0 Å². The van der Waals surface area contributed by atoms with Gasteiger partial charge < -0.3 is 5.32 Å². The zero-order valence-corrected chi connectivity index (χ0v) is 15.0. The van der Waals surface area contributed by atoms with Crippen LogP contribution in [0.2, 0.25) is 0 Å². The van der Waals surface area contributed by atoms with Gasteiger partial charge in [0.1, 0.15) is 5.69 Å². The Hall–Kier alpha value is -2.28. The zero-order valence-electron chi connectivity index (χ0n) is 15.0. The molecule has 1 saturated carbocycles. The van der Waals surface area contributed by atoms with Crippen LogP contribution in [0.1, 0.15) is 54.3 Å². The molecule has 1 aliphatic heterocycles. The highest BCUT2D eigenvalue weighted by atomic mass is 16.1. The second-order valence-electron chi connectivity index (χ2n) is 7.40. The quantitative estimate of drug-likeness (QED) is 0.859. The van der Waals surface area contributed by atoms with Gasteiger partial charge in [-0.15, -0.1) is 0 Å². The lowest BCUT2D eigenvalue weighted by molar-refractivity contribution is 0.0940. The summed E-state index contributed by atoms with van der Waals surface area (Å²) in [4.78, 5) is 22.7. The van der Waals surface area contributed by atoms with Crippen molar-refractivity contribution < 1.29 is 4.79 Å². The van der Waals surface area contributed by atoms with Crippen LogP contribution in [0.3, 0.4) is 0 Å². The molecule has 2 aromatic heterocycles. The highest BCUT2D eigenvalue weighted by molar-refractivity contribution is 5.91. The van der Waals surface area contributed by atoms with E-state index in [9.17, 15) is 4.79 Å². The minimum absolute atomic E-state index is 0.169. The molecule has 138 valence electrons. The summed E-state index contributed by atoms with van der Waals surface area (Å²) in [6.07, 6.45) is 12.8. The summed E-state index contributed by atoms with van der Waals surface area (Å²) in [6.45, 7) is 3.79. The number of amides is 1. The number of rotatable bonds is 6. The van der Waals surface area contributed by atoms with E-state index in [1.165, 1.54) is 50.3 Å². The molecule has 1 unspecified atom stereocenters. The number of nitrogens with zero attached hydrogens (tertiary/aromatic N) is 5. The van der Waals surface area contributed by atoms with Crippen molar-refractivity contribution >= 4 is 5.91 Å². The van der Waals surface area contributed by atoms with E-state index in [1.54, 1.807) is 6.20 Å². The van der Waals surface area contributed by atoms with Crippen molar-refractivity contribution in [3.63, 3.8) is 0 Å². The molecule has 1 aliphatic carbocycles. The van der Waals surface area contributed by atoms with E-state index in [1.807, 2.05) is 6.20 Å². The van der Waals surface area contributed by atoms with E-state index < -0.39 is 0 Å². The Kier molecular flexibility index (Phi) is 5.24. The smallest absolute Gasteiger partial charge is 0.271 e. The van der Waals surface area contributed by atoms with E-state index in [0.29, 0.717) is 18.3 Å². The average Bonchev–Trinajstić information content (AvgIpc) is 3.34. The topological polar surface area (TPSA) is 75.9 Å². The van der Waals surface area contributed by atoms with Crippen molar-refractivity contribution in [2.45, 2.75) is 44.7 Å². The molecule has 7 heteroatoms. The van der Waals surface area contributed by atoms with Crippen molar-refractivity contribution in [1.82, 2.24) is 30.0 Å². The van der Waals surface area contributed by atoms with Crippen LogP contribution < -0.4 is 5.32 Å². The van der Waals surface area contributed by atoms with Gasteiger partial charge in [0.05, 0.1) is 17.9 Å². The first-order chi connectivity index (χ1) is 12.8. The lowest BCUT2D eigenvalue weighted by Crippen LogP contribution is -2.41. The van der Waals surface area contributed by atoms with Crippen molar-refractivity contribution in [3.8, 4) is 0 Å². The lowest BCUT2D eigenvalue weighted by Gasteiger charge is -2.35. The summed E-state index contributed by atoms with van der Waals surface area (Å²) < 4.78 is 2.14. The van der Waals surface area contributed by atoms with Crippen LogP contribution in [-0.2, 0) is 6.54 Å². The van der Waals surface area contributed by atoms with Gasteiger partial charge in [0, 0.05) is 44.8 Å². The summed E-state index contributed by atoms with van der Waals surface area (Å²) in [5.41, 5.74) is 1.64. The molecule has 3 heterocycles. The van der Waals surface area contributed by atoms with Gasteiger partial charge in [0.25, 0.3) is 5.91 Å². The summed E-state index contributed by atoms with van der Waals surface area (Å²) in [7, 11) is 0. The first kappa shape index (κ1) is 17.1. The summed E-state index contributed by atoms with van der Waals surface area (Å²) >= 11 is 0. The van der Waals surface area contributed by atoms with Crippen molar-refractivity contribution in [1.29, 1.82) is 0 Å². The Labute approximate surface area is 153 Å². The van der Waals surface area contributed by atoms with E-state index in [-0.39, 0.29) is 5.91 Å². The molecule has 26 heavy (non-hydrogen) atoms. The largest absolute Gasteiger partial charge is 0.351 e. The molecule has 1 atom stereocenters. The minimum atomic E-state index is -0.169. The van der Waals surface area contributed by atoms with Crippen LogP contribution in [0.25, 0.3) is 0 Å². The molecule has 2 aliphatic rings. The van der Waals surface area contributed by atoms with E-state index in [2.05, 4.69) is 36.0 Å². The third-order valence-electron chi connectivity index (χ3n) is 5.50. The summed E-state index contributed by atoms with van der Waals surface area (Å²) in [5.74, 6) is 0.680. The second-order valence-corrected chi connectivity index (χ2v) is 7.40. The molecular weight excluding hydrogens is 328 g/mol. The molecular formula is C19H26N6O. The number of carbonyl (C=O) groups is 1. The normalized spacial score (nSPS) is 20.8. The van der Waals surface area contributed by atoms with E-state index in [4.69, 9.17) is 0 Å². The van der Waals surface area contributed by atoms with Gasteiger partial charge >= 0.3 is 0 Å². The van der Waals surface area contributed by atoms with Crippen LogP contribution in [0.4, 0.5) is 0 Å². The Morgan fingerprint density at radius 3 is 2.92 bits per heavy atom. The molecule has 1 N–H and O–H groups in total. The first-order valence-electron chi connectivity index (χ1n) is 9.58. The Morgan fingerprint density at radius 1 is 1.23 bits per heavy atom. The maximum atomic E-state index is 12.1. The van der Waals surface area contributed by atoms with E-state index >= 15 is 0 Å². The maximum Gasteiger partial charge on any atom is 0.271 e. The van der Waals surface area contributed by atoms with Crippen LogP contribution in [0, 0.1) is 5.92 Å². The highest BCUT2D eigenvalue weighted by Crippen LogP contribution is 2.29. The summed E-state index contributed by atoms with van der Waals surface area (Å²) in [5, 5.41) is 7.47. The van der Waals surface area contributed by atoms with Crippen LogP contribution in [0.15, 0.2) is 30.9 Å². The fourth-order valence-corrected chi connectivity index (χ4v) is 4.23. The van der Waals surface area contributed by atoms with Gasteiger partial charge in [0.15, 0.2) is 0 Å². The molecule has 0 radical (unpaired) electrons. The number of fused-ring (bicyclic) bond motifs is 1. The van der Waals surface area contributed by atoms with Gasteiger partial charge in [-0.1, -0.05) is 12.8 Å². The molecule has 0 saturated heterocycles. The van der Waals surface area contributed by atoms with Crippen LogP contribution in [-0.4, -0.2) is 50.2 Å². The Morgan fingerprint density at radius 2 is 2.12 bits per heavy atom. The molecule has 2 aromatic rings. The van der Waals surface area contributed by atoms with Gasteiger partial charge in [-0.3, -0.25) is 19.4 Å². The number of carbonyl (C=O) groups excluding carboxylic acids is 1. The fraction of sp³-hybridized carbons (Fsp3) is 0.579. The second kappa shape index (κ2) is 7.95. The molecule has 0 bridgehead atoms. The van der Waals surface area contributed by atoms with Crippen LogP contribution >= 0.6 is 0 Å². The summed E-state index contributed by atoms with van der Waals surface area (Å²) in [6, 6.07) is 2.42. The molecule has 7 nitrogen and oxygen atoms in total. The highest BCUT2D eigenvalue weighted by Gasteiger charge is 2.27. The monoisotopic (exact) mass is 354 g/mol. The predicted molar refractivity (Wildman–Crippen MR) is 97.5 cm³/mol. The Balaban J connectivity index is 1.33. The van der Waals surface area contributed by atoms with Gasteiger partial charge in [0.2, 0.25) is 0 Å². The number of aromatic nitrogens is 4. The minimum Gasteiger partial charge on any atom is -0.351 e. The first-order valence-corrected chi connectivity index (χ1v) is 9.58. The molecule has 4 rings (SSSR count). The number of hydrogen-bond donors (Lipinski definition) is 1. The standard InChI is InChI=1S/C19H26N6O/c26-19(18-11-20-9-10-21-18)22-7-5-16-13-24(12-15-3-1-2-4-15)14-17-6-8-23-25(16)17/h6,8-11,15-16H,1-5,7,12-14H2,(H,22,26). The van der Waals surface area contributed by atoms with Crippen molar-refractivity contribution in [3.05, 3.63) is 42.2 Å². The predicted octanol–water partition coefficient (Wildman–Crippen LogP) is 2.04. The van der Waals surface area contributed by atoms with Gasteiger partial charge in [-0.2, -0.15) is 5.10 Å². The third kappa shape index (κ3) is 3.93. The van der Waals surface area contributed by atoms with E-state index in [0.717, 1.165) is 25.4 Å². The number of hydrogen-bond acceptors (Lipinski definition) is 5. The average molecular weight is 354 g/mol. The SMILES string of the molecule is O=C(NCCC1CN(CC2CCCC2)Cc2ccnn21)c1cnccn1. The van der Waals surface area contributed by atoms with Gasteiger partial charge in [-0.25, -0.2) is 4.98 Å².